The van der Waals surface area contributed by atoms with Crippen LogP contribution in [0.25, 0.3) is 0 Å². The van der Waals surface area contributed by atoms with Crippen molar-refractivity contribution in [3.05, 3.63) is 23.8 Å². The molecule has 1 aromatic carbocycles. The summed E-state index contributed by atoms with van der Waals surface area (Å²) in [6.45, 7) is 7.32. The molecule has 0 aliphatic carbocycles. The van der Waals surface area contributed by atoms with E-state index in [1.807, 2.05) is 0 Å². The van der Waals surface area contributed by atoms with E-state index < -0.39 is 5.91 Å². The van der Waals surface area contributed by atoms with Crippen LogP contribution in [-0.4, -0.2) is 12.5 Å². The van der Waals surface area contributed by atoms with Crippen molar-refractivity contribution in [1.82, 2.24) is 0 Å². The van der Waals surface area contributed by atoms with Crippen molar-refractivity contribution in [2.75, 3.05) is 17.6 Å². The molecule has 94 valence electrons. The first-order valence-electron chi connectivity index (χ1n) is 5.73. The summed E-state index contributed by atoms with van der Waals surface area (Å²) in [6.07, 6.45) is 1.01. The number of carbonyl (C=O) groups excluding carboxylic acids is 1. The average molecular weight is 235 g/mol. The number of nitrogen functional groups attached to an aromatic ring is 1. The highest BCUT2D eigenvalue weighted by Gasteiger charge is 2.11. The van der Waals surface area contributed by atoms with Gasteiger partial charge in [0.2, 0.25) is 0 Å². The molecule has 0 atom stereocenters. The highest BCUT2D eigenvalue weighted by molar-refractivity contribution is 5.99. The minimum absolute atomic E-state index is 0.258. The number of hydrogen-bond acceptors (Lipinski definition) is 3. The maximum Gasteiger partial charge on any atom is 0.250 e. The van der Waals surface area contributed by atoms with E-state index >= 15 is 0 Å². The van der Waals surface area contributed by atoms with Gasteiger partial charge in [0.05, 0.1) is 5.56 Å². The summed E-state index contributed by atoms with van der Waals surface area (Å²) >= 11 is 0. The molecule has 0 bridgehead atoms. The SMILES string of the molecule is CC(C)(C)CCNc1ccc(N)cc1C(N)=O. The maximum absolute atomic E-state index is 11.3. The molecule has 0 radical (unpaired) electrons. The van der Waals surface area contributed by atoms with Crippen LogP contribution < -0.4 is 16.8 Å². The molecular weight excluding hydrogens is 214 g/mol. The molecule has 0 aliphatic rings. The third kappa shape index (κ3) is 4.34. The van der Waals surface area contributed by atoms with Crippen LogP contribution >= 0.6 is 0 Å². The third-order valence-corrected chi connectivity index (χ3v) is 2.50. The van der Waals surface area contributed by atoms with Crippen LogP contribution in [0.15, 0.2) is 18.2 Å². The highest BCUT2D eigenvalue weighted by atomic mass is 16.1. The summed E-state index contributed by atoms with van der Waals surface area (Å²) in [5.74, 6) is -0.462. The molecule has 0 saturated heterocycles. The largest absolute Gasteiger partial charge is 0.399 e. The van der Waals surface area contributed by atoms with Gasteiger partial charge in [-0.25, -0.2) is 0 Å². The fraction of sp³-hybridized carbons (Fsp3) is 0.462. The minimum Gasteiger partial charge on any atom is -0.399 e. The van der Waals surface area contributed by atoms with Crippen LogP contribution in [0.1, 0.15) is 37.6 Å². The molecule has 0 aromatic heterocycles. The lowest BCUT2D eigenvalue weighted by atomic mass is 9.92. The number of rotatable bonds is 4. The van der Waals surface area contributed by atoms with Gasteiger partial charge in [-0.15, -0.1) is 0 Å². The Morgan fingerprint density at radius 1 is 1.35 bits per heavy atom. The number of carbonyl (C=O) groups is 1. The first kappa shape index (κ1) is 13.4. The third-order valence-electron chi connectivity index (χ3n) is 2.50. The second kappa shape index (κ2) is 5.08. The lowest BCUT2D eigenvalue weighted by Crippen LogP contribution is -2.17. The number of nitrogens with two attached hydrogens (primary N) is 2. The molecule has 0 heterocycles. The standard InChI is InChI=1S/C13H21N3O/c1-13(2,3)6-7-16-11-5-4-9(14)8-10(11)12(15)17/h4-5,8,16H,6-7,14H2,1-3H3,(H2,15,17). The second-order valence-corrected chi connectivity index (χ2v) is 5.41. The van der Waals surface area contributed by atoms with Gasteiger partial charge in [0.25, 0.3) is 5.91 Å². The Labute approximate surface area is 102 Å². The number of hydrogen-bond donors (Lipinski definition) is 3. The Bertz CT molecular complexity index is 408. The zero-order valence-electron chi connectivity index (χ0n) is 10.7. The van der Waals surface area contributed by atoms with E-state index in [4.69, 9.17) is 11.5 Å². The van der Waals surface area contributed by atoms with Gasteiger partial charge in [0.15, 0.2) is 0 Å². The van der Waals surface area contributed by atoms with Gasteiger partial charge in [-0.1, -0.05) is 20.8 Å². The summed E-state index contributed by atoms with van der Waals surface area (Å²) in [7, 11) is 0. The molecule has 17 heavy (non-hydrogen) atoms. The molecule has 1 aromatic rings. The summed E-state index contributed by atoms with van der Waals surface area (Å²) in [6, 6.07) is 5.14. The van der Waals surface area contributed by atoms with E-state index in [9.17, 15) is 4.79 Å². The first-order chi connectivity index (χ1) is 7.79. The van der Waals surface area contributed by atoms with Crippen LogP contribution in [0, 0.1) is 5.41 Å². The fourth-order valence-corrected chi connectivity index (χ4v) is 1.49. The number of benzene rings is 1. The van der Waals surface area contributed by atoms with Crippen LogP contribution in [0.3, 0.4) is 0 Å². The summed E-state index contributed by atoms with van der Waals surface area (Å²) in [5.41, 5.74) is 12.9. The quantitative estimate of drug-likeness (QED) is 0.700. The minimum atomic E-state index is -0.462. The maximum atomic E-state index is 11.3. The van der Waals surface area contributed by atoms with Crippen LogP contribution in [-0.2, 0) is 0 Å². The Kier molecular flexibility index (Phi) is 3.99. The van der Waals surface area contributed by atoms with Gasteiger partial charge in [0.1, 0.15) is 0 Å². The van der Waals surface area contributed by atoms with E-state index in [0.717, 1.165) is 18.7 Å². The van der Waals surface area contributed by atoms with Crippen molar-refractivity contribution in [2.24, 2.45) is 11.1 Å². The van der Waals surface area contributed by atoms with Crippen LogP contribution in [0.2, 0.25) is 0 Å². The molecular formula is C13H21N3O. The van der Waals surface area contributed by atoms with Crippen molar-refractivity contribution in [1.29, 1.82) is 0 Å². The Morgan fingerprint density at radius 2 is 2.00 bits per heavy atom. The molecule has 4 heteroatoms. The molecule has 0 aliphatic heterocycles. The predicted molar refractivity (Wildman–Crippen MR) is 71.9 cm³/mol. The molecule has 4 nitrogen and oxygen atoms in total. The lowest BCUT2D eigenvalue weighted by molar-refractivity contribution is 0.100. The molecule has 5 N–H and O–H groups in total. The zero-order valence-corrected chi connectivity index (χ0v) is 10.7. The van der Waals surface area contributed by atoms with Crippen molar-refractivity contribution in [3.8, 4) is 0 Å². The molecule has 0 fully saturated rings. The van der Waals surface area contributed by atoms with Gasteiger partial charge < -0.3 is 16.8 Å². The molecule has 1 amide bonds. The van der Waals surface area contributed by atoms with Crippen molar-refractivity contribution >= 4 is 17.3 Å². The van der Waals surface area contributed by atoms with Crippen LogP contribution in [0.5, 0.6) is 0 Å². The summed E-state index contributed by atoms with van der Waals surface area (Å²) in [4.78, 5) is 11.3. The fourth-order valence-electron chi connectivity index (χ4n) is 1.49. The number of amides is 1. The van der Waals surface area contributed by atoms with Crippen molar-refractivity contribution < 1.29 is 4.79 Å². The topological polar surface area (TPSA) is 81.1 Å². The van der Waals surface area contributed by atoms with Crippen molar-refractivity contribution in [3.63, 3.8) is 0 Å². The first-order valence-corrected chi connectivity index (χ1v) is 5.73. The second-order valence-electron chi connectivity index (χ2n) is 5.41. The van der Waals surface area contributed by atoms with E-state index in [2.05, 4.69) is 26.1 Å². The van der Waals surface area contributed by atoms with E-state index in [1.165, 1.54) is 0 Å². The molecule has 0 saturated carbocycles. The van der Waals surface area contributed by atoms with Gasteiger partial charge in [-0.3, -0.25) is 4.79 Å². The summed E-state index contributed by atoms with van der Waals surface area (Å²) in [5, 5.41) is 3.22. The van der Waals surface area contributed by atoms with Gasteiger partial charge >= 0.3 is 0 Å². The summed E-state index contributed by atoms with van der Waals surface area (Å²) < 4.78 is 0. The van der Waals surface area contributed by atoms with Gasteiger partial charge in [-0.2, -0.15) is 0 Å². The van der Waals surface area contributed by atoms with Gasteiger partial charge in [0, 0.05) is 17.9 Å². The lowest BCUT2D eigenvalue weighted by Gasteiger charge is -2.19. The van der Waals surface area contributed by atoms with E-state index in [1.54, 1.807) is 18.2 Å². The predicted octanol–water partition coefficient (Wildman–Crippen LogP) is 2.22. The van der Waals surface area contributed by atoms with Crippen LogP contribution in [0.4, 0.5) is 11.4 Å². The molecule has 0 unspecified atom stereocenters. The Morgan fingerprint density at radius 3 is 2.53 bits per heavy atom. The Hall–Kier alpha value is -1.71. The smallest absolute Gasteiger partial charge is 0.250 e. The number of nitrogens with one attached hydrogen (secondary N) is 1. The average Bonchev–Trinajstić information content (AvgIpc) is 2.18. The van der Waals surface area contributed by atoms with Crippen molar-refractivity contribution in [2.45, 2.75) is 27.2 Å². The molecule has 1 rings (SSSR count). The Balaban J connectivity index is 2.74. The number of anilines is 2. The van der Waals surface area contributed by atoms with E-state index in [-0.39, 0.29) is 5.41 Å². The normalized spacial score (nSPS) is 11.2. The van der Waals surface area contributed by atoms with Gasteiger partial charge in [-0.05, 0) is 30.0 Å². The number of primary amides is 1. The van der Waals surface area contributed by atoms with E-state index in [0.29, 0.717) is 11.3 Å². The molecule has 0 spiro atoms. The zero-order chi connectivity index (χ0) is 13.1. The monoisotopic (exact) mass is 235 g/mol. The highest BCUT2D eigenvalue weighted by Crippen LogP contribution is 2.21.